The van der Waals surface area contributed by atoms with E-state index in [1.165, 1.54) is 0 Å². The number of hydrogen-bond acceptors (Lipinski definition) is 6. The topological polar surface area (TPSA) is 114 Å². The average molecular weight is 427 g/mol. The lowest BCUT2D eigenvalue weighted by atomic mass is 10.2. The van der Waals surface area contributed by atoms with Gasteiger partial charge in [-0.3, -0.25) is 9.59 Å². The molecule has 0 spiro atoms. The van der Waals surface area contributed by atoms with Crippen LogP contribution < -0.4 is 16.0 Å². The summed E-state index contributed by atoms with van der Waals surface area (Å²) in [7, 11) is 0. The predicted molar refractivity (Wildman–Crippen MR) is 121 cm³/mol. The first-order valence-corrected chi connectivity index (χ1v) is 9.93. The van der Waals surface area contributed by atoms with E-state index in [2.05, 4.69) is 31.0 Å². The molecule has 2 heterocycles. The Morgan fingerprint density at radius 1 is 0.938 bits per heavy atom. The van der Waals surface area contributed by atoms with Gasteiger partial charge >= 0.3 is 0 Å². The highest BCUT2D eigenvalue weighted by molar-refractivity contribution is 5.99. The van der Waals surface area contributed by atoms with E-state index in [4.69, 9.17) is 0 Å². The van der Waals surface area contributed by atoms with Crippen molar-refractivity contribution in [2.24, 2.45) is 0 Å². The summed E-state index contributed by atoms with van der Waals surface area (Å²) < 4.78 is 1.66. The van der Waals surface area contributed by atoms with Crippen LogP contribution in [-0.4, -0.2) is 38.1 Å². The minimum atomic E-state index is -0.315. The van der Waals surface area contributed by atoms with Gasteiger partial charge in [-0.15, -0.1) is 0 Å². The second-order valence-electron chi connectivity index (χ2n) is 6.91. The molecule has 9 heteroatoms. The molecule has 0 radical (unpaired) electrons. The lowest BCUT2D eigenvalue weighted by Gasteiger charge is -2.10. The summed E-state index contributed by atoms with van der Waals surface area (Å²) in [4.78, 5) is 33.0. The Balaban J connectivity index is 1.33. The van der Waals surface area contributed by atoms with Crippen LogP contribution in [0.2, 0.25) is 0 Å². The Bertz CT molecular complexity index is 1210. The number of anilines is 3. The molecule has 0 saturated carbocycles. The van der Waals surface area contributed by atoms with Gasteiger partial charge in [0.2, 0.25) is 5.91 Å². The van der Waals surface area contributed by atoms with Crippen LogP contribution in [0.25, 0.3) is 5.82 Å². The molecule has 160 valence electrons. The van der Waals surface area contributed by atoms with Crippen LogP contribution in [0, 0.1) is 6.92 Å². The minimum Gasteiger partial charge on any atom is -0.343 e. The van der Waals surface area contributed by atoms with Gasteiger partial charge in [0.05, 0.1) is 6.54 Å². The van der Waals surface area contributed by atoms with E-state index in [0.717, 1.165) is 5.69 Å². The molecule has 0 fully saturated rings. The quantitative estimate of drug-likeness (QED) is 0.418. The molecule has 32 heavy (non-hydrogen) atoms. The van der Waals surface area contributed by atoms with Crippen LogP contribution in [0.15, 0.2) is 79.1 Å². The van der Waals surface area contributed by atoms with Crippen LogP contribution in [-0.2, 0) is 4.79 Å². The van der Waals surface area contributed by atoms with Gasteiger partial charge in [-0.1, -0.05) is 18.2 Å². The van der Waals surface area contributed by atoms with Crippen molar-refractivity contribution in [1.82, 2.24) is 25.1 Å². The van der Waals surface area contributed by atoms with Crippen LogP contribution in [0.3, 0.4) is 0 Å². The smallest absolute Gasteiger partial charge is 0.251 e. The molecule has 0 aliphatic carbocycles. The van der Waals surface area contributed by atoms with Crippen LogP contribution >= 0.6 is 0 Å². The molecule has 4 rings (SSSR count). The number of carbonyl (C=O) groups excluding carboxylic acids is 2. The molecular formula is C23H21N7O2. The molecule has 9 nitrogen and oxygen atoms in total. The summed E-state index contributed by atoms with van der Waals surface area (Å²) >= 11 is 0. The Hall–Kier alpha value is -4.53. The van der Waals surface area contributed by atoms with Crippen LogP contribution in [0.1, 0.15) is 16.2 Å². The zero-order valence-electron chi connectivity index (χ0n) is 17.3. The zero-order chi connectivity index (χ0) is 22.3. The molecule has 4 aromatic rings. The Labute approximate surface area is 184 Å². The van der Waals surface area contributed by atoms with Gasteiger partial charge in [-0.05, 0) is 49.4 Å². The molecule has 2 amide bonds. The third kappa shape index (κ3) is 5.33. The lowest BCUT2D eigenvalue weighted by Crippen LogP contribution is -2.32. The van der Waals surface area contributed by atoms with E-state index in [9.17, 15) is 9.59 Å². The largest absolute Gasteiger partial charge is 0.343 e. The van der Waals surface area contributed by atoms with E-state index < -0.39 is 0 Å². The minimum absolute atomic E-state index is 0.121. The Kier molecular flexibility index (Phi) is 6.17. The molecule has 0 atom stereocenters. The normalized spacial score (nSPS) is 10.4. The predicted octanol–water partition coefficient (Wildman–Crippen LogP) is 3.08. The van der Waals surface area contributed by atoms with E-state index in [0.29, 0.717) is 28.7 Å². The SMILES string of the molecule is Cc1nc(Nc2ccc(NC(=O)CNC(=O)c3ccccc3)cc2)cc(-n2cccn2)n1. The summed E-state index contributed by atoms with van der Waals surface area (Å²) in [6.45, 7) is 1.69. The third-order valence-corrected chi connectivity index (χ3v) is 4.45. The van der Waals surface area contributed by atoms with Gasteiger partial charge in [-0.2, -0.15) is 5.10 Å². The van der Waals surface area contributed by atoms with Gasteiger partial charge in [0, 0.05) is 35.4 Å². The highest BCUT2D eigenvalue weighted by Crippen LogP contribution is 2.19. The van der Waals surface area contributed by atoms with Gasteiger partial charge in [0.25, 0.3) is 5.91 Å². The summed E-state index contributed by atoms with van der Waals surface area (Å²) in [5.74, 6) is 1.29. The van der Waals surface area contributed by atoms with E-state index in [-0.39, 0.29) is 18.4 Å². The molecule has 2 aromatic carbocycles. The highest BCUT2D eigenvalue weighted by atomic mass is 16.2. The Morgan fingerprint density at radius 2 is 1.69 bits per heavy atom. The lowest BCUT2D eigenvalue weighted by molar-refractivity contribution is -0.115. The maximum Gasteiger partial charge on any atom is 0.251 e. The van der Waals surface area contributed by atoms with Crippen molar-refractivity contribution < 1.29 is 9.59 Å². The maximum absolute atomic E-state index is 12.1. The molecule has 0 unspecified atom stereocenters. The van der Waals surface area contributed by atoms with Gasteiger partial charge in [0.15, 0.2) is 5.82 Å². The summed E-state index contributed by atoms with van der Waals surface area (Å²) in [6.07, 6.45) is 3.50. The van der Waals surface area contributed by atoms with Gasteiger partial charge in [-0.25, -0.2) is 14.6 Å². The molecule has 0 aliphatic heterocycles. The number of amides is 2. The molecule has 2 aromatic heterocycles. The number of carbonyl (C=O) groups is 2. The summed E-state index contributed by atoms with van der Waals surface area (Å²) in [6, 6.07) is 19.5. The number of aryl methyl sites for hydroxylation is 1. The molecule has 3 N–H and O–H groups in total. The van der Waals surface area contributed by atoms with E-state index in [1.807, 2.05) is 37.4 Å². The van der Waals surface area contributed by atoms with Crippen LogP contribution in [0.4, 0.5) is 17.2 Å². The second-order valence-corrected chi connectivity index (χ2v) is 6.91. The fourth-order valence-electron chi connectivity index (χ4n) is 2.98. The van der Waals surface area contributed by atoms with Crippen molar-refractivity contribution in [3.8, 4) is 5.82 Å². The first-order valence-electron chi connectivity index (χ1n) is 9.93. The fourth-order valence-corrected chi connectivity index (χ4v) is 2.98. The van der Waals surface area contributed by atoms with Gasteiger partial charge in [0.1, 0.15) is 11.6 Å². The zero-order valence-corrected chi connectivity index (χ0v) is 17.3. The number of benzene rings is 2. The first-order chi connectivity index (χ1) is 15.6. The number of aromatic nitrogens is 4. The van der Waals surface area contributed by atoms with Crippen molar-refractivity contribution in [2.75, 3.05) is 17.2 Å². The first kappa shape index (κ1) is 20.7. The van der Waals surface area contributed by atoms with Crippen molar-refractivity contribution >= 4 is 29.0 Å². The Morgan fingerprint density at radius 3 is 2.41 bits per heavy atom. The summed E-state index contributed by atoms with van der Waals surface area (Å²) in [5, 5.41) is 12.8. The maximum atomic E-state index is 12.1. The molecule has 0 saturated heterocycles. The standard InChI is InChI=1S/C23H21N7O2/c1-16-26-20(14-21(27-16)30-13-5-12-25-30)28-18-8-10-19(11-9-18)29-22(31)15-24-23(32)17-6-3-2-4-7-17/h2-14H,15H2,1H3,(H,24,32)(H,29,31)(H,26,27,28). The van der Waals surface area contributed by atoms with Crippen LogP contribution in [0.5, 0.6) is 0 Å². The molecule has 0 bridgehead atoms. The molecule has 0 aliphatic rings. The van der Waals surface area contributed by atoms with Crippen molar-refractivity contribution in [3.63, 3.8) is 0 Å². The highest BCUT2D eigenvalue weighted by Gasteiger charge is 2.08. The van der Waals surface area contributed by atoms with Crippen molar-refractivity contribution in [3.05, 3.63) is 90.5 Å². The van der Waals surface area contributed by atoms with Crippen molar-refractivity contribution in [1.29, 1.82) is 0 Å². The third-order valence-electron chi connectivity index (χ3n) is 4.45. The van der Waals surface area contributed by atoms with Crippen molar-refractivity contribution in [2.45, 2.75) is 6.92 Å². The number of nitrogens with zero attached hydrogens (tertiary/aromatic N) is 4. The second kappa shape index (κ2) is 9.52. The average Bonchev–Trinajstić information content (AvgIpc) is 3.34. The number of nitrogens with one attached hydrogen (secondary N) is 3. The van der Waals surface area contributed by atoms with E-state index in [1.54, 1.807) is 53.3 Å². The monoisotopic (exact) mass is 427 g/mol. The number of hydrogen-bond donors (Lipinski definition) is 3. The summed E-state index contributed by atoms with van der Waals surface area (Å²) in [5.41, 5.74) is 1.92. The van der Waals surface area contributed by atoms with Gasteiger partial charge < -0.3 is 16.0 Å². The fraction of sp³-hybridized carbons (Fsp3) is 0.0870. The molecular weight excluding hydrogens is 406 g/mol. The van der Waals surface area contributed by atoms with E-state index >= 15 is 0 Å². The number of rotatable bonds is 7.